The number of hydrogen-bond acceptors (Lipinski definition) is 4. The van der Waals surface area contributed by atoms with Crippen LogP contribution in [0.4, 0.5) is 0 Å². The minimum atomic E-state index is -1.91. The third kappa shape index (κ3) is 4.04. The maximum absolute atomic E-state index is 11.2. The fraction of sp³-hybridized carbons (Fsp3) is 0.556. The Bertz CT molecular complexity index is 261. The summed E-state index contributed by atoms with van der Waals surface area (Å²) in [7, 11) is 0. The van der Waals surface area contributed by atoms with E-state index in [9.17, 15) is 9.59 Å². The highest BCUT2D eigenvalue weighted by atomic mass is 16.6. The zero-order chi connectivity index (χ0) is 11.5. The Morgan fingerprint density at radius 3 is 2.07 bits per heavy atom. The van der Waals surface area contributed by atoms with E-state index >= 15 is 0 Å². The van der Waals surface area contributed by atoms with Gasteiger partial charge in [-0.25, -0.2) is 9.59 Å². The molecule has 0 bridgehead atoms. The van der Waals surface area contributed by atoms with Gasteiger partial charge in [0.05, 0.1) is 5.57 Å². The summed E-state index contributed by atoms with van der Waals surface area (Å²) in [5.41, 5.74) is -1.22. The minimum Gasteiger partial charge on any atom is -0.479 e. The topological polar surface area (TPSA) is 83.8 Å². The van der Waals surface area contributed by atoms with E-state index in [-0.39, 0.29) is 0 Å². The van der Waals surface area contributed by atoms with E-state index in [1.807, 2.05) is 0 Å². The number of carbonyl (C=O) groups excluding carboxylic acids is 1. The van der Waals surface area contributed by atoms with E-state index in [1.54, 1.807) is 20.8 Å². The lowest BCUT2D eigenvalue weighted by Gasteiger charge is -2.20. The molecule has 2 N–H and O–H groups in total. The molecule has 0 saturated heterocycles. The van der Waals surface area contributed by atoms with E-state index in [4.69, 9.17) is 14.9 Å². The highest BCUT2D eigenvalue weighted by Gasteiger charge is 2.27. The van der Waals surface area contributed by atoms with Crippen LogP contribution in [0.15, 0.2) is 12.2 Å². The van der Waals surface area contributed by atoms with Gasteiger partial charge < -0.3 is 14.9 Å². The molecule has 0 heterocycles. The van der Waals surface area contributed by atoms with Crippen molar-refractivity contribution in [1.29, 1.82) is 0 Å². The summed E-state index contributed by atoms with van der Waals surface area (Å²) in [5.74, 6) is -2.44. The number of hydrogen-bond donors (Lipinski definition) is 2. The quantitative estimate of drug-likeness (QED) is 0.509. The fourth-order valence-corrected chi connectivity index (χ4v) is 0.604. The average Bonchev–Trinajstić information content (AvgIpc) is 1.98. The van der Waals surface area contributed by atoms with Crippen LogP contribution >= 0.6 is 0 Å². The van der Waals surface area contributed by atoms with Crippen LogP contribution in [-0.2, 0) is 14.3 Å². The lowest BCUT2D eigenvalue weighted by molar-refractivity contribution is -0.155. The number of ether oxygens (including phenoxy) is 1. The number of carboxylic acids is 1. The molecule has 14 heavy (non-hydrogen) atoms. The monoisotopic (exact) mass is 202 g/mol. The highest BCUT2D eigenvalue weighted by molar-refractivity contribution is 5.95. The number of aliphatic hydroxyl groups is 1. The molecule has 0 saturated carbocycles. The summed E-state index contributed by atoms with van der Waals surface area (Å²) >= 11 is 0. The summed E-state index contributed by atoms with van der Waals surface area (Å²) in [6.45, 7) is 8.05. The molecule has 0 aliphatic carbocycles. The molecule has 1 atom stereocenters. The first kappa shape index (κ1) is 12.6. The van der Waals surface area contributed by atoms with Crippen LogP contribution in [0.2, 0.25) is 0 Å². The molecule has 0 aromatic rings. The third-order valence-corrected chi connectivity index (χ3v) is 1.23. The maximum Gasteiger partial charge on any atom is 0.337 e. The van der Waals surface area contributed by atoms with Gasteiger partial charge in [0.2, 0.25) is 0 Å². The van der Waals surface area contributed by atoms with Gasteiger partial charge in [0.25, 0.3) is 0 Å². The van der Waals surface area contributed by atoms with Gasteiger partial charge in [-0.3, -0.25) is 0 Å². The lowest BCUT2D eigenvalue weighted by Crippen LogP contribution is -2.31. The summed E-state index contributed by atoms with van der Waals surface area (Å²) in [6.07, 6.45) is -1.91. The molecule has 0 amide bonds. The Labute approximate surface area is 82.0 Å². The first-order valence-electron chi connectivity index (χ1n) is 3.98. The van der Waals surface area contributed by atoms with Crippen LogP contribution in [0, 0.1) is 0 Å². The summed E-state index contributed by atoms with van der Waals surface area (Å²) < 4.78 is 4.81. The van der Waals surface area contributed by atoms with Crippen molar-refractivity contribution >= 4 is 11.9 Å². The van der Waals surface area contributed by atoms with E-state index in [0.717, 1.165) is 0 Å². The van der Waals surface area contributed by atoms with Crippen LogP contribution in [-0.4, -0.2) is 33.9 Å². The van der Waals surface area contributed by atoms with Crippen LogP contribution in [0.1, 0.15) is 20.8 Å². The Morgan fingerprint density at radius 1 is 1.36 bits per heavy atom. The largest absolute Gasteiger partial charge is 0.479 e. The molecule has 0 radical (unpaired) electrons. The molecular formula is C9H14O5. The van der Waals surface area contributed by atoms with Gasteiger partial charge in [0, 0.05) is 0 Å². The third-order valence-electron chi connectivity index (χ3n) is 1.23. The van der Waals surface area contributed by atoms with Crippen LogP contribution in [0.5, 0.6) is 0 Å². The molecule has 0 aliphatic heterocycles. The number of rotatable bonds is 3. The Kier molecular flexibility index (Phi) is 3.82. The number of carboxylic acid groups (broad SMARTS) is 1. The van der Waals surface area contributed by atoms with Crippen molar-refractivity contribution in [1.82, 2.24) is 0 Å². The van der Waals surface area contributed by atoms with E-state index in [1.165, 1.54) is 0 Å². The van der Waals surface area contributed by atoms with Crippen molar-refractivity contribution in [3.63, 3.8) is 0 Å². The molecule has 1 unspecified atom stereocenters. The van der Waals surface area contributed by atoms with Crippen molar-refractivity contribution in [2.45, 2.75) is 32.5 Å². The van der Waals surface area contributed by atoms with Crippen LogP contribution < -0.4 is 0 Å². The Morgan fingerprint density at radius 2 is 1.79 bits per heavy atom. The van der Waals surface area contributed by atoms with E-state index in [2.05, 4.69) is 6.58 Å². The van der Waals surface area contributed by atoms with Gasteiger partial charge in [-0.1, -0.05) is 6.58 Å². The number of carbonyl (C=O) groups is 2. The second kappa shape index (κ2) is 4.23. The molecule has 0 fully saturated rings. The fourth-order valence-electron chi connectivity index (χ4n) is 0.604. The Balaban J connectivity index is 4.42. The number of esters is 1. The number of aliphatic carboxylic acids is 1. The average molecular weight is 202 g/mol. The number of aliphatic hydroxyl groups excluding tert-OH is 1. The van der Waals surface area contributed by atoms with Gasteiger partial charge in [0.1, 0.15) is 5.60 Å². The molecule has 0 aromatic carbocycles. The maximum atomic E-state index is 11.2. The van der Waals surface area contributed by atoms with Crippen molar-refractivity contribution < 1.29 is 24.5 Å². The lowest BCUT2D eigenvalue weighted by atomic mass is 10.1. The van der Waals surface area contributed by atoms with Gasteiger partial charge in [-0.15, -0.1) is 0 Å². The molecule has 0 aliphatic rings. The second-order valence-corrected chi connectivity index (χ2v) is 3.77. The van der Waals surface area contributed by atoms with Crippen molar-refractivity contribution in [2.75, 3.05) is 0 Å². The summed E-state index contributed by atoms with van der Waals surface area (Å²) in [4.78, 5) is 21.5. The van der Waals surface area contributed by atoms with Crippen LogP contribution in [0.3, 0.4) is 0 Å². The Hall–Kier alpha value is -1.36. The molecule has 80 valence electrons. The van der Waals surface area contributed by atoms with Gasteiger partial charge in [-0.05, 0) is 20.8 Å². The standard InChI is InChI=1S/C9H14O5/c1-5(6(10)7(11)12)8(13)14-9(2,3)4/h6,10H,1H2,2-4H3,(H,11,12). The normalized spacial score (nSPS) is 13.1. The molecular weight excluding hydrogens is 188 g/mol. The summed E-state index contributed by atoms with van der Waals surface area (Å²) in [5, 5.41) is 17.3. The van der Waals surface area contributed by atoms with Crippen molar-refractivity contribution in [3.05, 3.63) is 12.2 Å². The first-order valence-corrected chi connectivity index (χ1v) is 3.98. The minimum absolute atomic E-state index is 0.479. The second-order valence-electron chi connectivity index (χ2n) is 3.77. The zero-order valence-electron chi connectivity index (χ0n) is 8.40. The van der Waals surface area contributed by atoms with Crippen molar-refractivity contribution in [3.8, 4) is 0 Å². The SMILES string of the molecule is C=C(C(=O)OC(C)(C)C)C(O)C(=O)O. The molecule has 5 heteroatoms. The van der Waals surface area contributed by atoms with E-state index in [0.29, 0.717) is 0 Å². The van der Waals surface area contributed by atoms with Gasteiger partial charge in [-0.2, -0.15) is 0 Å². The predicted molar refractivity (Wildman–Crippen MR) is 48.6 cm³/mol. The van der Waals surface area contributed by atoms with Gasteiger partial charge >= 0.3 is 11.9 Å². The van der Waals surface area contributed by atoms with Crippen molar-refractivity contribution in [2.24, 2.45) is 0 Å². The smallest absolute Gasteiger partial charge is 0.337 e. The van der Waals surface area contributed by atoms with Gasteiger partial charge in [0.15, 0.2) is 6.10 Å². The molecule has 0 rings (SSSR count). The molecule has 5 nitrogen and oxygen atoms in total. The van der Waals surface area contributed by atoms with E-state index < -0.39 is 29.2 Å². The van der Waals surface area contributed by atoms with Crippen LogP contribution in [0.25, 0.3) is 0 Å². The highest BCUT2D eigenvalue weighted by Crippen LogP contribution is 2.12. The molecule has 0 spiro atoms. The zero-order valence-corrected chi connectivity index (χ0v) is 8.40. The predicted octanol–water partition coefficient (Wildman–Crippen LogP) is 0.330. The molecule has 0 aromatic heterocycles. The first-order chi connectivity index (χ1) is 6.15. The summed E-state index contributed by atoms with van der Waals surface area (Å²) in [6, 6.07) is 0.